The number of aromatic nitrogens is 2. The minimum Gasteiger partial charge on any atom is -0.497 e. The van der Waals surface area contributed by atoms with Gasteiger partial charge in [-0.1, -0.05) is 23.9 Å². The van der Waals surface area contributed by atoms with Crippen LogP contribution in [0, 0.1) is 0 Å². The van der Waals surface area contributed by atoms with Crippen molar-refractivity contribution in [3.05, 3.63) is 36.4 Å². The maximum atomic E-state index is 12.2. The van der Waals surface area contributed by atoms with E-state index in [2.05, 4.69) is 10.2 Å². The Kier molecular flexibility index (Phi) is 5.69. The van der Waals surface area contributed by atoms with Gasteiger partial charge in [0.05, 0.1) is 18.6 Å². The van der Waals surface area contributed by atoms with Crippen LogP contribution in [0.25, 0.3) is 11.3 Å². The molecule has 0 spiro atoms. The van der Waals surface area contributed by atoms with Crippen LogP contribution >= 0.6 is 11.8 Å². The van der Waals surface area contributed by atoms with Gasteiger partial charge in [0.25, 0.3) is 0 Å². The number of rotatable bonds is 5. The molecule has 0 radical (unpaired) electrons. The first-order valence-corrected chi connectivity index (χ1v) is 9.13. The number of amides is 1. The van der Waals surface area contributed by atoms with Crippen LogP contribution in [0.3, 0.4) is 0 Å². The van der Waals surface area contributed by atoms with Gasteiger partial charge in [-0.3, -0.25) is 4.79 Å². The molecule has 5 nitrogen and oxygen atoms in total. The molecule has 0 unspecified atom stereocenters. The molecule has 1 aromatic carbocycles. The van der Waals surface area contributed by atoms with Crippen LogP contribution in [0.5, 0.6) is 5.75 Å². The minimum atomic E-state index is 0.193. The van der Waals surface area contributed by atoms with Gasteiger partial charge in [-0.05, 0) is 43.5 Å². The lowest BCUT2D eigenvalue weighted by Crippen LogP contribution is -2.36. The van der Waals surface area contributed by atoms with Gasteiger partial charge in [0, 0.05) is 18.7 Å². The fraction of sp³-hybridized carbons (Fsp3) is 0.389. The fourth-order valence-corrected chi connectivity index (χ4v) is 3.42. The van der Waals surface area contributed by atoms with Crippen molar-refractivity contribution in [3.63, 3.8) is 0 Å². The molecule has 0 atom stereocenters. The Bertz CT molecular complexity index is 685. The zero-order valence-electron chi connectivity index (χ0n) is 13.8. The van der Waals surface area contributed by atoms with Crippen LogP contribution in [0.1, 0.15) is 19.3 Å². The molecule has 1 saturated heterocycles. The zero-order chi connectivity index (χ0) is 16.8. The summed E-state index contributed by atoms with van der Waals surface area (Å²) in [6.45, 7) is 1.78. The first-order valence-electron chi connectivity index (χ1n) is 8.15. The molecule has 1 aliphatic rings. The Morgan fingerprint density at radius 2 is 2.00 bits per heavy atom. The van der Waals surface area contributed by atoms with Crippen molar-refractivity contribution in [1.29, 1.82) is 0 Å². The van der Waals surface area contributed by atoms with Crippen LogP contribution in [0.4, 0.5) is 0 Å². The van der Waals surface area contributed by atoms with Gasteiger partial charge in [-0.15, -0.1) is 10.2 Å². The summed E-state index contributed by atoms with van der Waals surface area (Å²) >= 11 is 1.44. The second-order valence-electron chi connectivity index (χ2n) is 5.72. The van der Waals surface area contributed by atoms with Crippen LogP contribution in [-0.2, 0) is 4.79 Å². The quantitative estimate of drug-likeness (QED) is 0.780. The van der Waals surface area contributed by atoms with E-state index >= 15 is 0 Å². The number of thioether (sulfide) groups is 1. The third-order valence-electron chi connectivity index (χ3n) is 4.06. The molecule has 0 saturated carbocycles. The van der Waals surface area contributed by atoms with E-state index in [4.69, 9.17) is 4.74 Å². The Morgan fingerprint density at radius 1 is 1.17 bits per heavy atom. The van der Waals surface area contributed by atoms with Crippen molar-refractivity contribution in [2.45, 2.75) is 24.3 Å². The molecule has 126 valence electrons. The summed E-state index contributed by atoms with van der Waals surface area (Å²) in [5.41, 5.74) is 1.75. The van der Waals surface area contributed by atoms with E-state index in [1.54, 1.807) is 7.11 Å². The second kappa shape index (κ2) is 8.15. The zero-order valence-corrected chi connectivity index (χ0v) is 14.6. The average Bonchev–Trinajstić information content (AvgIpc) is 2.67. The highest BCUT2D eigenvalue weighted by atomic mass is 32.2. The number of hydrogen-bond acceptors (Lipinski definition) is 5. The van der Waals surface area contributed by atoms with Gasteiger partial charge in [-0.25, -0.2) is 0 Å². The smallest absolute Gasteiger partial charge is 0.232 e. The van der Waals surface area contributed by atoms with E-state index in [-0.39, 0.29) is 5.91 Å². The van der Waals surface area contributed by atoms with Crippen molar-refractivity contribution >= 4 is 17.7 Å². The van der Waals surface area contributed by atoms with Crippen molar-refractivity contribution in [2.24, 2.45) is 0 Å². The van der Waals surface area contributed by atoms with Crippen molar-refractivity contribution < 1.29 is 9.53 Å². The highest BCUT2D eigenvalue weighted by molar-refractivity contribution is 7.99. The summed E-state index contributed by atoms with van der Waals surface area (Å²) in [7, 11) is 1.64. The first kappa shape index (κ1) is 16.8. The SMILES string of the molecule is COc1cccc(-c2ccc(SCC(=O)N3CCCCC3)nn2)c1. The molecule has 0 N–H and O–H groups in total. The van der Waals surface area contributed by atoms with Gasteiger partial charge >= 0.3 is 0 Å². The van der Waals surface area contributed by atoms with Crippen LogP contribution < -0.4 is 4.74 Å². The highest BCUT2D eigenvalue weighted by Gasteiger charge is 2.16. The van der Waals surface area contributed by atoms with Gasteiger partial charge in [0.15, 0.2) is 0 Å². The van der Waals surface area contributed by atoms with Gasteiger partial charge in [0.1, 0.15) is 10.8 Å². The number of nitrogens with zero attached hydrogens (tertiary/aromatic N) is 3. The van der Waals surface area contributed by atoms with E-state index < -0.39 is 0 Å². The molecule has 6 heteroatoms. The summed E-state index contributed by atoms with van der Waals surface area (Å²) in [4.78, 5) is 14.1. The number of carbonyl (C=O) groups excluding carboxylic acids is 1. The van der Waals surface area contributed by atoms with Crippen molar-refractivity contribution in [3.8, 4) is 17.0 Å². The lowest BCUT2D eigenvalue weighted by molar-refractivity contribution is -0.129. The van der Waals surface area contributed by atoms with E-state index in [0.717, 1.165) is 48.0 Å². The third-order valence-corrected chi connectivity index (χ3v) is 4.96. The summed E-state index contributed by atoms with van der Waals surface area (Å²) in [5.74, 6) is 1.41. The second-order valence-corrected chi connectivity index (χ2v) is 6.71. The predicted octanol–water partition coefficient (Wildman–Crippen LogP) is 3.26. The standard InChI is InChI=1S/C18H21N3O2S/c1-23-15-7-5-6-14(12-15)16-8-9-17(20-19-16)24-13-18(22)21-10-3-2-4-11-21/h5-9,12H,2-4,10-11,13H2,1H3. The van der Waals surface area contributed by atoms with Crippen molar-refractivity contribution in [1.82, 2.24) is 15.1 Å². The normalized spacial score (nSPS) is 14.5. The van der Waals surface area contributed by atoms with Crippen LogP contribution in [-0.4, -0.2) is 47.0 Å². The van der Waals surface area contributed by atoms with Crippen molar-refractivity contribution in [2.75, 3.05) is 26.0 Å². The minimum absolute atomic E-state index is 0.193. The molecule has 0 aliphatic carbocycles. The summed E-state index contributed by atoms with van der Waals surface area (Å²) in [6, 6.07) is 11.6. The molecular weight excluding hydrogens is 322 g/mol. The van der Waals surface area contributed by atoms with Crippen LogP contribution in [0.15, 0.2) is 41.4 Å². The fourth-order valence-electron chi connectivity index (χ4n) is 2.70. The molecule has 1 fully saturated rings. The molecule has 1 aromatic heterocycles. The van der Waals surface area contributed by atoms with E-state index in [9.17, 15) is 4.79 Å². The number of methoxy groups -OCH3 is 1. The number of carbonyl (C=O) groups is 1. The topological polar surface area (TPSA) is 55.3 Å². The molecule has 2 heterocycles. The number of ether oxygens (including phenoxy) is 1. The first-order chi connectivity index (χ1) is 11.8. The maximum absolute atomic E-state index is 12.2. The molecule has 3 rings (SSSR count). The third kappa shape index (κ3) is 4.26. The lowest BCUT2D eigenvalue weighted by Gasteiger charge is -2.26. The van der Waals surface area contributed by atoms with E-state index in [1.165, 1.54) is 18.2 Å². The Labute approximate surface area is 146 Å². The van der Waals surface area contributed by atoms with Crippen LogP contribution in [0.2, 0.25) is 0 Å². The Morgan fingerprint density at radius 3 is 2.71 bits per heavy atom. The Balaban J connectivity index is 1.59. The monoisotopic (exact) mass is 343 g/mol. The van der Waals surface area contributed by atoms with Gasteiger partial charge in [-0.2, -0.15) is 0 Å². The highest BCUT2D eigenvalue weighted by Crippen LogP contribution is 2.23. The van der Waals surface area contributed by atoms with E-state index in [1.807, 2.05) is 41.3 Å². The Hall–Kier alpha value is -2.08. The predicted molar refractivity (Wildman–Crippen MR) is 95.2 cm³/mol. The number of piperidine rings is 1. The summed E-state index contributed by atoms with van der Waals surface area (Å²) in [6.07, 6.45) is 3.46. The molecule has 1 amide bonds. The number of benzene rings is 1. The lowest BCUT2D eigenvalue weighted by atomic mass is 10.1. The number of likely N-dealkylation sites (tertiary alicyclic amines) is 1. The van der Waals surface area contributed by atoms with Gasteiger partial charge in [0.2, 0.25) is 5.91 Å². The molecule has 24 heavy (non-hydrogen) atoms. The van der Waals surface area contributed by atoms with Gasteiger partial charge < -0.3 is 9.64 Å². The summed E-state index contributed by atoms with van der Waals surface area (Å²) in [5, 5.41) is 9.26. The number of hydrogen-bond donors (Lipinski definition) is 0. The molecular formula is C18H21N3O2S. The maximum Gasteiger partial charge on any atom is 0.232 e. The largest absolute Gasteiger partial charge is 0.497 e. The van der Waals surface area contributed by atoms with E-state index in [0.29, 0.717) is 5.75 Å². The molecule has 1 aliphatic heterocycles. The molecule has 0 bridgehead atoms. The molecule has 2 aromatic rings. The average molecular weight is 343 g/mol. The summed E-state index contributed by atoms with van der Waals surface area (Å²) < 4.78 is 5.23.